The first-order chi connectivity index (χ1) is 12.7. The molecule has 0 amide bonds. The van der Waals surface area contributed by atoms with Crippen LogP contribution in [0.25, 0.3) is 0 Å². The third-order valence-corrected chi connectivity index (χ3v) is 4.15. The molecule has 0 saturated carbocycles. The largest absolute Gasteiger partial charge is 0.497 e. The number of halogens is 1. The van der Waals surface area contributed by atoms with Crippen LogP contribution in [0.15, 0.2) is 82.9 Å². The molecule has 0 aromatic heterocycles. The predicted octanol–water partition coefficient (Wildman–Crippen LogP) is 4.27. The van der Waals surface area contributed by atoms with Crippen molar-refractivity contribution in [3.05, 3.63) is 95.3 Å². The lowest BCUT2D eigenvalue weighted by Gasteiger charge is -2.08. The molecule has 0 fully saturated rings. The first kappa shape index (κ1) is 16.0. The summed E-state index contributed by atoms with van der Waals surface area (Å²) in [6.45, 7) is 0. The molecule has 0 bridgehead atoms. The highest BCUT2D eigenvalue weighted by atomic mass is 19.1. The number of amidine groups is 1. The number of rotatable bonds is 3. The van der Waals surface area contributed by atoms with Gasteiger partial charge in [-0.15, -0.1) is 0 Å². The molecular formula is C21H16FN3O. The van der Waals surface area contributed by atoms with Crippen molar-refractivity contribution in [1.29, 1.82) is 0 Å². The lowest BCUT2D eigenvalue weighted by atomic mass is 10.0. The summed E-state index contributed by atoms with van der Waals surface area (Å²) in [4.78, 5) is 4.69. The van der Waals surface area contributed by atoms with Crippen LogP contribution in [0.3, 0.4) is 0 Å². The van der Waals surface area contributed by atoms with Gasteiger partial charge in [-0.2, -0.15) is 5.10 Å². The Bertz CT molecular complexity index is 993. The van der Waals surface area contributed by atoms with Gasteiger partial charge in [-0.1, -0.05) is 18.2 Å². The lowest BCUT2D eigenvalue weighted by Crippen LogP contribution is -2.19. The number of hydrazone groups is 1. The fourth-order valence-corrected chi connectivity index (χ4v) is 2.79. The van der Waals surface area contributed by atoms with Gasteiger partial charge in [0.05, 0.1) is 18.5 Å². The molecule has 1 heterocycles. The minimum Gasteiger partial charge on any atom is -0.497 e. The number of hydrogen-bond donors (Lipinski definition) is 1. The molecule has 5 heteroatoms. The summed E-state index contributed by atoms with van der Waals surface area (Å²) >= 11 is 0. The maximum Gasteiger partial charge on any atom is 0.154 e. The first-order valence-electron chi connectivity index (χ1n) is 8.17. The first-order valence-corrected chi connectivity index (χ1v) is 8.17. The minimum absolute atomic E-state index is 0.286. The molecule has 3 aromatic rings. The third kappa shape index (κ3) is 3.07. The quantitative estimate of drug-likeness (QED) is 0.771. The Morgan fingerprint density at radius 2 is 1.54 bits per heavy atom. The maximum atomic E-state index is 13.2. The van der Waals surface area contributed by atoms with E-state index >= 15 is 0 Å². The summed E-state index contributed by atoms with van der Waals surface area (Å²) in [6.07, 6.45) is 0. The Balaban J connectivity index is 1.80. The van der Waals surface area contributed by atoms with E-state index in [0.29, 0.717) is 5.84 Å². The van der Waals surface area contributed by atoms with Crippen LogP contribution in [-0.2, 0) is 0 Å². The number of fused-ring (bicyclic) bond motifs is 1. The molecule has 1 aliphatic rings. The van der Waals surface area contributed by atoms with Gasteiger partial charge in [0.2, 0.25) is 0 Å². The van der Waals surface area contributed by atoms with E-state index in [1.165, 1.54) is 12.1 Å². The number of methoxy groups -OCH3 is 1. The van der Waals surface area contributed by atoms with E-state index in [1.54, 1.807) is 19.2 Å². The van der Waals surface area contributed by atoms with Crippen molar-refractivity contribution in [2.24, 2.45) is 10.1 Å². The normalized spacial score (nSPS) is 13.0. The molecule has 0 saturated heterocycles. The highest BCUT2D eigenvalue weighted by Crippen LogP contribution is 2.26. The Labute approximate surface area is 150 Å². The van der Waals surface area contributed by atoms with Gasteiger partial charge in [0.15, 0.2) is 5.84 Å². The second-order valence-electron chi connectivity index (χ2n) is 5.79. The van der Waals surface area contributed by atoms with E-state index < -0.39 is 0 Å². The van der Waals surface area contributed by atoms with Crippen LogP contribution in [0, 0.1) is 5.82 Å². The van der Waals surface area contributed by atoms with Crippen LogP contribution < -0.4 is 10.2 Å². The van der Waals surface area contributed by atoms with Crippen molar-refractivity contribution in [2.45, 2.75) is 0 Å². The minimum atomic E-state index is -0.286. The van der Waals surface area contributed by atoms with E-state index in [1.807, 2.05) is 48.5 Å². The highest BCUT2D eigenvalue weighted by Gasteiger charge is 2.16. The average Bonchev–Trinajstić information content (AvgIpc) is 2.88. The zero-order valence-corrected chi connectivity index (χ0v) is 14.1. The number of aliphatic imine (C=N–C) groups is 1. The molecule has 1 aliphatic heterocycles. The molecule has 26 heavy (non-hydrogen) atoms. The van der Waals surface area contributed by atoms with E-state index in [-0.39, 0.29) is 5.82 Å². The summed E-state index contributed by atoms with van der Waals surface area (Å²) in [5.74, 6) is 1.07. The number of hydrogen-bond acceptors (Lipinski definition) is 4. The Kier molecular flexibility index (Phi) is 4.19. The summed E-state index contributed by atoms with van der Waals surface area (Å²) in [5, 5.41) is 4.57. The van der Waals surface area contributed by atoms with Crippen molar-refractivity contribution in [3.63, 3.8) is 0 Å². The summed E-state index contributed by atoms with van der Waals surface area (Å²) < 4.78 is 18.4. The van der Waals surface area contributed by atoms with Crippen LogP contribution in [0.4, 0.5) is 10.1 Å². The number of benzene rings is 3. The number of nitrogens with one attached hydrogen (secondary N) is 1. The molecule has 0 radical (unpaired) electrons. The topological polar surface area (TPSA) is 46.0 Å². The van der Waals surface area contributed by atoms with Crippen LogP contribution in [0.5, 0.6) is 5.75 Å². The molecule has 3 aromatic carbocycles. The lowest BCUT2D eigenvalue weighted by molar-refractivity contribution is 0.415. The van der Waals surface area contributed by atoms with Crippen LogP contribution in [0.1, 0.15) is 16.7 Å². The summed E-state index contributed by atoms with van der Waals surface area (Å²) in [6, 6.07) is 21.7. The molecule has 0 atom stereocenters. The Morgan fingerprint density at radius 1 is 0.846 bits per heavy atom. The SMILES string of the molecule is COc1ccc(C2=NNC(c3ccc(F)cc3)=Nc3ccccc32)cc1. The monoisotopic (exact) mass is 345 g/mol. The summed E-state index contributed by atoms with van der Waals surface area (Å²) in [7, 11) is 1.64. The van der Waals surface area contributed by atoms with Crippen LogP contribution in [-0.4, -0.2) is 18.7 Å². The average molecular weight is 345 g/mol. The van der Waals surface area contributed by atoms with E-state index in [2.05, 4.69) is 10.5 Å². The van der Waals surface area contributed by atoms with Crippen molar-refractivity contribution >= 4 is 17.2 Å². The van der Waals surface area contributed by atoms with Gasteiger partial charge in [-0.25, -0.2) is 9.38 Å². The molecule has 0 spiro atoms. The van der Waals surface area contributed by atoms with Gasteiger partial charge in [0.25, 0.3) is 0 Å². The summed E-state index contributed by atoms with van der Waals surface area (Å²) in [5.41, 5.74) is 7.23. The Morgan fingerprint density at radius 3 is 2.27 bits per heavy atom. The third-order valence-electron chi connectivity index (χ3n) is 4.15. The Hall–Kier alpha value is -3.47. The highest BCUT2D eigenvalue weighted by molar-refractivity contribution is 6.17. The van der Waals surface area contributed by atoms with Gasteiger partial charge < -0.3 is 4.74 Å². The molecule has 1 N–H and O–H groups in total. The standard InChI is InChI=1S/C21H16FN3O/c1-26-17-12-8-14(9-13-17)20-18-4-2-3-5-19(18)23-21(25-24-20)15-6-10-16(22)11-7-15/h2-13H,1H3,(H,23,25). The van der Waals surface area contributed by atoms with Gasteiger partial charge in [0.1, 0.15) is 11.6 Å². The van der Waals surface area contributed by atoms with Crippen molar-refractivity contribution < 1.29 is 9.13 Å². The van der Waals surface area contributed by atoms with Crippen molar-refractivity contribution in [3.8, 4) is 5.75 Å². The molecular weight excluding hydrogens is 329 g/mol. The van der Waals surface area contributed by atoms with Gasteiger partial charge in [-0.05, 0) is 54.6 Å². The fraction of sp³-hybridized carbons (Fsp3) is 0.0476. The number of para-hydroxylation sites is 1. The number of nitrogens with zero attached hydrogens (tertiary/aromatic N) is 2. The van der Waals surface area contributed by atoms with Crippen molar-refractivity contribution in [1.82, 2.24) is 5.43 Å². The van der Waals surface area contributed by atoms with Crippen LogP contribution in [0.2, 0.25) is 0 Å². The number of ether oxygens (including phenoxy) is 1. The fourth-order valence-electron chi connectivity index (χ4n) is 2.79. The molecule has 4 rings (SSSR count). The van der Waals surface area contributed by atoms with Crippen LogP contribution >= 0.6 is 0 Å². The van der Waals surface area contributed by atoms with E-state index in [9.17, 15) is 4.39 Å². The zero-order chi connectivity index (χ0) is 17.9. The molecule has 0 unspecified atom stereocenters. The second-order valence-corrected chi connectivity index (χ2v) is 5.79. The van der Waals surface area contributed by atoms with Gasteiger partial charge >= 0.3 is 0 Å². The van der Waals surface area contributed by atoms with E-state index in [0.717, 1.165) is 33.8 Å². The molecule has 4 nitrogen and oxygen atoms in total. The van der Waals surface area contributed by atoms with E-state index in [4.69, 9.17) is 9.73 Å². The van der Waals surface area contributed by atoms with Gasteiger partial charge in [0, 0.05) is 16.7 Å². The zero-order valence-electron chi connectivity index (χ0n) is 14.1. The maximum absolute atomic E-state index is 13.2. The molecule has 0 aliphatic carbocycles. The molecule has 128 valence electrons. The smallest absolute Gasteiger partial charge is 0.154 e. The second kappa shape index (κ2) is 6.80. The van der Waals surface area contributed by atoms with Gasteiger partial charge in [-0.3, -0.25) is 5.43 Å². The van der Waals surface area contributed by atoms with Crippen molar-refractivity contribution in [2.75, 3.05) is 7.11 Å². The predicted molar refractivity (Wildman–Crippen MR) is 101 cm³/mol.